The second kappa shape index (κ2) is 5.62. The van der Waals surface area contributed by atoms with Gasteiger partial charge in [-0.1, -0.05) is 18.6 Å². The Hall–Kier alpha value is -0.905. The van der Waals surface area contributed by atoms with E-state index in [1.165, 1.54) is 18.6 Å². The Morgan fingerprint density at radius 3 is 2.53 bits per heavy atom. The Morgan fingerprint density at radius 2 is 1.88 bits per heavy atom. The van der Waals surface area contributed by atoms with Gasteiger partial charge in [0.2, 0.25) is 0 Å². The molecule has 5 heteroatoms. The van der Waals surface area contributed by atoms with Crippen molar-refractivity contribution in [2.45, 2.75) is 25.8 Å². The van der Waals surface area contributed by atoms with E-state index in [0.29, 0.717) is 12.1 Å². The summed E-state index contributed by atoms with van der Waals surface area (Å²) in [6.07, 6.45) is 3.49. The van der Waals surface area contributed by atoms with E-state index in [4.69, 9.17) is 0 Å². The molecule has 0 radical (unpaired) electrons. The fraction of sp³-hybridized carbons (Fsp3) is 0.500. The Bertz CT molecular complexity index is 381. The third kappa shape index (κ3) is 3.06. The molecule has 1 aromatic carbocycles. The molecule has 17 heavy (non-hydrogen) atoms. The lowest BCUT2D eigenvalue weighted by Gasteiger charge is -2.27. The van der Waals surface area contributed by atoms with Crippen LogP contribution < -0.4 is 5.46 Å². The molecule has 0 atom stereocenters. The second-order valence-electron chi connectivity index (χ2n) is 4.52. The van der Waals surface area contributed by atoms with Crippen LogP contribution in [0.1, 0.15) is 24.8 Å². The maximum atomic E-state index is 13.7. The first-order chi connectivity index (χ1) is 8.18. The van der Waals surface area contributed by atoms with Crippen molar-refractivity contribution in [1.29, 1.82) is 0 Å². The van der Waals surface area contributed by atoms with Crippen molar-refractivity contribution >= 4 is 12.6 Å². The Kier molecular flexibility index (Phi) is 4.15. The summed E-state index contributed by atoms with van der Waals surface area (Å²) >= 11 is 0. The van der Waals surface area contributed by atoms with E-state index in [0.717, 1.165) is 25.9 Å². The van der Waals surface area contributed by atoms with Crippen LogP contribution in [-0.4, -0.2) is 35.2 Å². The minimum atomic E-state index is -1.61. The van der Waals surface area contributed by atoms with Crippen LogP contribution in [0.5, 0.6) is 0 Å². The minimum Gasteiger partial charge on any atom is -0.423 e. The Labute approximate surface area is 101 Å². The molecule has 2 rings (SSSR count). The van der Waals surface area contributed by atoms with E-state index in [2.05, 4.69) is 4.90 Å². The van der Waals surface area contributed by atoms with Crippen LogP contribution in [0, 0.1) is 5.82 Å². The Balaban J connectivity index is 2.18. The molecule has 0 amide bonds. The molecule has 0 aliphatic carbocycles. The fourth-order valence-corrected chi connectivity index (χ4v) is 2.33. The SMILES string of the molecule is OB(O)c1cccc(F)c1CN1CCCCC1. The van der Waals surface area contributed by atoms with Crippen molar-refractivity contribution < 1.29 is 14.4 Å². The number of piperidine rings is 1. The number of rotatable bonds is 3. The maximum absolute atomic E-state index is 13.7. The van der Waals surface area contributed by atoms with Crippen LogP contribution in [0.3, 0.4) is 0 Å². The molecule has 1 heterocycles. The monoisotopic (exact) mass is 237 g/mol. The number of likely N-dealkylation sites (tertiary alicyclic amines) is 1. The van der Waals surface area contributed by atoms with Crippen molar-refractivity contribution in [2.24, 2.45) is 0 Å². The van der Waals surface area contributed by atoms with Crippen molar-refractivity contribution in [2.75, 3.05) is 13.1 Å². The van der Waals surface area contributed by atoms with E-state index in [-0.39, 0.29) is 11.3 Å². The first kappa shape index (κ1) is 12.5. The highest BCUT2D eigenvalue weighted by Crippen LogP contribution is 2.14. The molecule has 2 N–H and O–H groups in total. The number of hydrogen-bond acceptors (Lipinski definition) is 3. The van der Waals surface area contributed by atoms with E-state index >= 15 is 0 Å². The molecule has 92 valence electrons. The first-order valence-corrected chi connectivity index (χ1v) is 6.04. The first-order valence-electron chi connectivity index (χ1n) is 6.04. The van der Waals surface area contributed by atoms with Crippen molar-refractivity contribution in [3.63, 3.8) is 0 Å². The quantitative estimate of drug-likeness (QED) is 0.752. The van der Waals surface area contributed by atoms with Crippen LogP contribution in [0.15, 0.2) is 18.2 Å². The highest BCUT2D eigenvalue weighted by atomic mass is 19.1. The maximum Gasteiger partial charge on any atom is 0.488 e. The average molecular weight is 237 g/mol. The normalized spacial score (nSPS) is 17.1. The molecule has 1 aliphatic rings. The lowest BCUT2D eigenvalue weighted by molar-refractivity contribution is 0.218. The molecule has 1 aliphatic heterocycles. The molecule has 3 nitrogen and oxygen atoms in total. The summed E-state index contributed by atoms with van der Waals surface area (Å²) in [5.41, 5.74) is 0.681. The van der Waals surface area contributed by atoms with Crippen molar-refractivity contribution in [3.05, 3.63) is 29.6 Å². The van der Waals surface area contributed by atoms with Gasteiger partial charge in [0.1, 0.15) is 5.82 Å². The van der Waals surface area contributed by atoms with Gasteiger partial charge in [0, 0.05) is 12.1 Å². The standard InChI is InChI=1S/C12H17BFNO2/c14-12-6-4-5-11(13(16)17)10(12)9-15-7-2-1-3-8-15/h4-6,16-17H,1-3,7-9H2. The molecule has 1 aromatic rings. The van der Waals surface area contributed by atoms with E-state index in [1.807, 2.05) is 0 Å². The van der Waals surface area contributed by atoms with Gasteiger partial charge in [-0.2, -0.15) is 0 Å². The number of benzene rings is 1. The van der Waals surface area contributed by atoms with Gasteiger partial charge in [0.15, 0.2) is 0 Å². The summed E-state index contributed by atoms with van der Waals surface area (Å²) in [5, 5.41) is 18.5. The van der Waals surface area contributed by atoms with E-state index in [9.17, 15) is 14.4 Å². The van der Waals surface area contributed by atoms with E-state index in [1.54, 1.807) is 6.07 Å². The molecular weight excluding hydrogens is 220 g/mol. The number of hydrogen-bond donors (Lipinski definition) is 2. The van der Waals surface area contributed by atoms with Crippen LogP contribution in [-0.2, 0) is 6.54 Å². The summed E-state index contributed by atoms with van der Waals surface area (Å²) < 4.78 is 13.7. The average Bonchev–Trinajstić information content (AvgIpc) is 2.33. The third-order valence-corrected chi connectivity index (χ3v) is 3.26. The van der Waals surface area contributed by atoms with Gasteiger partial charge in [-0.15, -0.1) is 0 Å². The largest absolute Gasteiger partial charge is 0.488 e. The third-order valence-electron chi connectivity index (χ3n) is 3.26. The van der Waals surface area contributed by atoms with Gasteiger partial charge in [-0.25, -0.2) is 4.39 Å². The zero-order valence-corrected chi connectivity index (χ0v) is 9.77. The lowest BCUT2D eigenvalue weighted by Crippen LogP contribution is -2.38. The highest BCUT2D eigenvalue weighted by Gasteiger charge is 2.21. The van der Waals surface area contributed by atoms with Crippen LogP contribution in [0.25, 0.3) is 0 Å². The summed E-state index contributed by atoms with van der Waals surface area (Å²) in [5.74, 6) is -0.360. The molecule has 0 saturated carbocycles. The van der Waals surface area contributed by atoms with Gasteiger partial charge in [0.25, 0.3) is 0 Å². The number of halogens is 1. The summed E-state index contributed by atoms with van der Waals surface area (Å²) in [4.78, 5) is 2.16. The van der Waals surface area contributed by atoms with Gasteiger partial charge >= 0.3 is 7.12 Å². The molecule has 0 aromatic heterocycles. The van der Waals surface area contributed by atoms with Crippen molar-refractivity contribution in [1.82, 2.24) is 4.90 Å². The lowest BCUT2D eigenvalue weighted by atomic mass is 9.76. The van der Waals surface area contributed by atoms with Gasteiger partial charge in [-0.05, 0) is 37.5 Å². The predicted octanol–water partition coefficient (Wildman–Crippen LogP) is 0.491. The minimum absolute atomic E-state index is 0.274. The van der Waals surface area contributed by atoms with Crippen LogP contribution in [0.4, 0.5) is 4.39 Å². The zero-order chi connectivity index (χ0) is 12.3. The van der Waals surface area contributed by atoms with Gasteiger partial charge < -0.3 is 10.0 Å². The second-order valence-corrected chi connectivity index (χ2v) is 4.52. The van der Waals surface area contributed by atoms with Crippen LogP contribution >= 0.6 is 0 Å². The van der Waals surface area contributed by atoms with Crippen LogP contribution in [0.2, 0.25) is 0 Å². The van der Waals surface area contributed by atoms with E-state index < -0.39 is 7.12 Å². The zero-order valence-electron chi connectivity index (χ0n) is 9.77. The molecule has 0 spiro atoms. The summed E-state index contributed by atoms with van der Waals surface area (Å²) in [7, 11) is -1.61. The molecule has 0 unspecified atom stereocenters. The Morgan fingerprint density at radius 1 is 1.18 bits per heavy atom. The molecule has 0 bridgehead atoms. The topological polar surface area (TPSA) is 43.7 Å². The molecule has 1 fully saturated rings. The fourth-order valence-electron chi connectivity index (χ4n) is 2.33. The predicted molar refractivity (Wildman–Crippen MR) is 65.4 cm³/mol. The molecule has 1 saturated heterocycles. The van der Waals surface area contributed by atoms with Gasteiger partial charge in [0.05, 0.1) is 0 Å². The smallest absolute Gasteiger partial charge is 0.423 e. The summed E-state index contributed by atoms with van der Waals surface area (Å²) in [6, 6.07) is 4.43. The number of nitrogens with zero attached hydrogens (tertiary/aromatic N) is 1. The van der Waals surface area contributed by atoms with Crippen molar-refractivity contribution in [3.8, 4) is 0 Å². The molecular formula is C12H17BFNO2. The highest BCUT2D eigenvalue weighted by molar-refractivity contribution is 6.59. The summed E-state index contributed by atoms with van der Waals surface area (Å²) in [6.45, 7) is 2.37. The van der Waals surface area contributed by atoms with Gasteiger partial charge in [-0.3, -0.25) is 4.90 Å².